The van der Waals surface area contributed by atoms with E-state index in [9.17, 15) is 24.3 Å². The third kappa shape index (κ3) is 5.13. The largest absolute Gasteiger partial charge is 0.478 e. The number of hydrogen-bond acceptors (Lipinski definition) is 7. The third-order valence-electron chi connectivity index (χ3n) is 5.29. The number of carboxylic acid groups (broad SMARTS) is 1. The van der Waals surface area contributed by atoms with E-state index < -0.39 is 11.9 Å². The first-order chi connectivity index (χ1) is 17.7. The number of anilines is 3. The first-order valence-electron chi connectivity index (χ1n) is 10.8. The maximum absolute atomic E-state index is 13.1. The van der Waals surface area contributed by atoms with Gasteiger partial charge < -0.3 is 25.6 Å². The molecule has 11 heteroatoms. The van der Waals surface area contributed by atoms with Gasteiger partial charge in [0.05, 0.1) is 28.3 Å². The Morgan fingerprint density at radius 3 is 2.24 bits per heavy atom. The molecule has 0 aliphatic carbocycles. The third-order valence-corrected chi connectivity index (χ3v) is 5.29. The van der Waals surface area contributed by atoms with Crippen LogP contribution in [0.25, 0.3) is 22.1 Å². The minimum absolute atomic E-state index is 0.0319. The molecule has 184 valence electrons. The molecule has 1 aromatic heterocycles. The number of para-hydroxylation sites is 1. The second-order valence-electron chi connectivity index (χ2n) is 7.96. The van der Waals surface area contributed by atoms with Crippen LogP contribution in [0, 0.1) is 11.3 Å². The van der Waals surface area contributed by atoms with Crippen molar-refractivity contribution in [2.45, 2.75) is 13.8 Å². The Hall–Kier alpha value is -5.50. The molecule has 0 saturated heterocycles. The lowest BCUT2D eigenvalue weighted by molar-refractivity contribution is -0.115. The van der Waals surface area contributed by atoms with Gasteiger partial charge in [-0.05, 0) is 36.4 Å². The average Bonchev–Trinajstić information content (AvgIpc) is 3.26. The highest BCUT2D eigenvalue weighted by atomic mass is 16.5. The summed E-state index contributed by atoms with van der Waals surface area (Å²) in [7, 11) is 0. The molecule has 11 nitrogen and oxygen atoms in total. The molecule has 4 rings (SSSR count). The van der Waals surface area contributed by atoms with Crippen LogP contribution in [0.1, 0.15) is 40.3 Å². The van der Waals surface area contributed by atoms with E-state index in [0.717, 1.165) is 6.07 Å². The van der Waals surface area contributed by atoms with Crippen molar-refractivity contribution in [3.63, 3.8) is 0 Å². The van der Waals surface area contributed by atoms with Gasteiger partial charge in [0.1, 0.15) is 0 Å². The molecule has 0 fully saturated rings. The Morgan fingerprint density at radius 2 is 1.57 bits per heavy atom. The van der Waals surface area contributed by atoms with Crippen LogP contribution in [-0.2, 0) is 9.59 Å². The Bertz CT molecular complexity index is 1630. The summed E-state index contributed by atoms with van der Waals surface area (Å²) in [5.74, 6) is -2.74. The first-order valence-corrected chi connectivity index (χ1v) is 10.8. The molecule has 0 unspecified atom stereocenters. The van der Waals surface area contributed by atoms with Gasteiger partial charge in [-0.25, -0.2) is 4.79 Å². The zero-order chi connectivity index (χ0) is 26.7. The van der Waals surface area contributed by atoms with Crippen LogP contribution in [0.5, 0.6) is 0 Å². The molecule has 0 spiro atoms. The van der Waals surface area contributed by atoms with Crippen LogP contribution in [-0.4, -0.2) is 34.0 Å². The van der Waals surface area contributed by atoms with Crippen LogP contribution in [0.15, 0.2) is 59.1 Å². The second kappa shape index (κ2) is 10.0. The first kappa shape index (κ1) is 24.6. The summed E-state index contributed by atoms with van der Waals surface area (Å²) in [5.41, 5.74) is 1.82. The average molecular weight is 497 g/mol. The fraction of sp³-hybridized carbons (Fsp3) is 0.0769. The van der Waals surface area contributed by atoms with Crippen LogP contribution in [0.3, 0.4) is 0 Å². The minimum Gasteiger partial charge on any atom is -0.478 e. The van der Waals surface area contributed by atoms with E-state index in [4.69, 9.17) is 9.78 Å². The number of aromatic carboxylic acids is 1. The number of benzene rings is 3. The lowest BCUT2D eigenvalue weighted by Crippen LogP contribution is -2.15. The van der Waals surface area contributed by atoms with Gasteiger partial charge in [0.25, 0.3) is 5.91 Å². The zero-order valence-corrected chi connectivity index (χ0v) is 19.6. The molecule has 3 aromatic carbocycles. The lowest BCUT2D eigenvalue weighted by Gasteiger charge is -2.14. The van der Waals surface area contributed by atoms with Crippen LogP contribution in [0.4, 0.5) is 17.1 Å². The summed E-state index contributed by atoms with van der Waals surface area (Å²) in [6.07, 6.45) is 0. The summed E-state index contributed by atoms with van der Waals surface area (Å²) in [4.78, 5) is 48.3. The molecule has 0 saturated carbocycles. The molecule has 4 aromatic rings. The Kier molecular flexibility index (Phi) is 6.66. The number of aromatic nitrogens is 1. The van der Waals surface area contributed by atoms with Gasteiger partial charge in [0, 0.05) is 36.3 Å². The van der Waals surface area contributed by atoms with E-state index in [0.29, 0.717) is 22.5 Å². The van der Waals surface area contributed by atoms with E-state index >= 15 is 0 Å². The second-order valence-corrected chi connectivity index (χ2v) is 7.96. The van der Waals surface area contributed by atoms with Crippen molar-refractivity contribution in [3.05, 3.63) is 71.4 Å². The predicted octanol–water partition coefficient (Wildman–Crippen LogP) is 4.23. The number of fused-ring (bicyclic) bond motifs is 1. The van der Waals surface area contributed by atoms with E-state index in [1.807, 2.05) is 6.07 Å². The maximum Gasteiger partial charge on any atom is 0.337 e. The molecule has 1 heterocycles. The molecule has 37 heavy (non-hydrogen) atoms. The fourth-order valence-electron chi connectivity index (χ4n) is 3.76. The number of carboxylic acids is 1. The van der Waals surface area contributed by atoms with Crippen molar-refractivity contribution >= 4 is 51.7 Å². The standard InChI is InChI=1S/C26H19N5O6/c1-13(32)28-20-6-4-3-5-16(20)17-11-23-19(10-22(17)29-14(2)33)24(31-37-23)25(34)30-21-8-7-15(12-27)9-18(21)26(35)36/h3-11H,1-2H3,(H,28,32)(H,29,33)(H,30,34)(H,35,36). The van der Waals surface area contributed by atoms with Crippen LogP contribution < -0.4 is 16.0 Å². The topological polar surface area (TPSA) is 174 Å². The fourth-order valence-corrected chi connectivity index (χ4v) is 3.76. The van der Waals surface area contributed by atoms with Crippen LogP contribution in [0.2, 0.25) is 0 Å². The molecular formula is C26H19N5O6. The summed E-state index contributed by atoms with van der Waals surface area (Å²) in [5, 5.41) is 30.6. The molecular weight excluding hydrogens is 478 g/mol. The number of nitrogens with zero attached hydrogens (tertiary/aromatic N) is 2. The Morgan fingerprint density at radius 1 is 0.865 bits per heavy atom. The van der Waals surface area contributed by atoms with Gasteiger partial charge >= 0.3 is 5.97 Å². The lowest BCUT2D eigenvalue weighted by atomic mass is 9.99. The summed E-state index contributed by atoms with van der Waals surface area (Å²) in [6, 6.07) is 15.7. The Balaban J connectivity index is 1.80. The van der Waals surface area contributed by atoms with Gasteiger partial charge in [-0.3, -0.25) is 14.4 Å². The van der Waals surface area contributed by atoms with Gasteiger partial charge in [0.2, 0.25) is 11.8 Å². The number of hydrogen-bond donors (Lipinski definition) is 4. The molecule has 3 amide bonds. The number of nitriles is 1. The number of carbonyl (C=O) groups is 4. The molecule has 0 bridgehead atoms. The van der Waals surface area contributed by atoms with Crippen LogP contribution >= 0.6 is 0 Å². The van der Waals surface area contributed by atoms with Gasteiger partial charge in [-0.1, -0.05) is 23.4 Å². The molecule has 0 aliphatic heterocycles. The number of carbonyl (C=O) groups excluding carboxylic acids is 3. The highest BCUT2D eigenvalue weighted by molar-refractivity contribution is 6.14. The highest BCUT2D eigenvalue weighted by Gasteiger charge is 2.22. The quantitative estimate of drug-likeness (QED) is 0.306. The molecule has 4 N–H and O–H groups in total. The van der Waals surface area contributed by atoms with Crippen molar-refractivity contribution in [2.24, 2.45) is 0 Å². The monoisotopic (exact) mass is 497 g/mol. The van der Waals surface area contributed by atoms with Gasteiger partial charge in [-0.2, -0.15) is 5.26 Å². The summed E-state index contributed by atoms with van der Waals surface area (Å²) >= 11 is 0. The molecule has 0 radical (unpaired) electrons. The van der Waals surface area contributed by atoms with E-state index in [1.165, 1.54) is 32.0 Å². The van der Waals surface area contributed by atoms with Gasteiger partial charge in [-0.15, -0.1) is 0 Å². The molecule has 0 aliphatic rings. The van der Waals surface area contributed by atoms with Gasteiger partial charge in [0.15, 0.2) is 11.3 Å². The van der Waals surface area contributed by atoms with Crippen molar-refractivity contribution in [1.29, 1.82) is 5.26 Å². The predicted molar refractivity (Wildman–Crippen MR) is 134 cm³/mol. The van der Waals surface area contributed by atoms with Crippen molar-refractivity contribution in [2.75, 3.05) is 16.0 Å². The normalized spacial score (nSPS) is 10.4. The smallest absolute Gasteiger partial charge is 0.337 e. The SMILES string of the molecule is CC(=O)Nc1ccccc1-c1cc2onc(C(=O)Nc3ccc(C#N)cc3C(=O)O)c2cc1NC(C)=O. The maximum atomic E-state index is 13.1. The van der Waals surface area contributed by atoms with E-state index in [-0.39, 0.29) is 45.3 Å². The van der Waals surface area contributed by atoms with Crippen molar-refractivity contribution < 1.29 is 28.8 Å². The van der Waals surface area contributed by atoms with Crippen molar-refractivity contribution in [1.82, 2.24) is 5.16 Å². The molecule has 0 atom stereocenters. The van der Waals surface area contributed by atoms with E-state index in [1.54, 1.807) is 30.3 Å². The number of amides is 3. The minimum atomic E-state index is -1.33. The Labute approximate surface area is 209 Å². The number of rotatable bonds is 6. The number of nitrogens with one attached hydrogen (secondary N) is 3. The zero-order valence-electron chi connectivity index (χ0n) is 19.6. The highest BCUT2D eigenvalue weighted by Crippen LogP contribution is 2.38. The van der Waals surface area contributed by atoms with E-state index in [2.05, 4.69) is 21.1 Å². The van der Waals surface area contributed by atoms with Crippen molar-refractivity contribution in [3.8, 4) is 17.2 Å². The summed E-state index contributed by atoms with van der Waals surface area (Å²) < 4.78 is 5.39. The summed E-state index contributed by atoms with van der Waals surface area (Å²) in [6.45, 7) is 2.70.